The van der Waals surface area contributed by atoms with Gasteiger partial charge in [0.05, 0.1) is 4.92 Å². The van der Waals surface area contributed by atoms with Gasteiger partial charge in [-0.25, -0.2) is 0 Å². The van der Waals surface area contributed by atoms with Crippen molar-refractivity contribution in [2.24, 2.45) is 0 Å². The van der Waals surface area contributed by atoms with Gasteiger partial charge in [-0.3, -0.25) is 15.1 Å². The summed E-state index contributed by atoms with van der Waals surface area (Å²) in [5, 5.41) is 10.8. The first kappa shape index (κ1) is 10.3. The van der Waals surface area contributed by atoms with Crippen LogP contribution in [0.2, 0.25) is 0 Å². The van der Waals surface area contributed by atoms with Crippen molar-refractivity contribution in [2.45, 2.75) is 6.92 Å². The Balaban J connectivity index is 2.52. The zero-order valence-corrected chi connectivity index (χ0v) is 8.75. The lowest BCUT2D eigenvalue weighted by molar-refractivity contribution is -0.385. The Morgan fingerprint density at radius 3 is 2.44 bits per heavy atom. The summed E-state index contributed by atoms with van der Waals surface area (Å²) in [6.45, 7) is 1.73. The standard InChI is InChI=1S/C12H10N2O2/c1-9-2-3-11(8-12(9)14(15)16)10-4-6-13-7-5-10/h2-8H,1H3. The van der Waals surface area contributed by atoms with Gasteiger partial charge in [-0.05, 0) is 30.2 Å². The van der Waals surface area contributed by atoms with E-state index in [9.17, 15) is 10.1 Å². The first-order valence-corrected chi connectivity index (χ1v) is 4.84. The molecule has 0 fully saturated rings. The van der Waals surface area contributed by atoms with E-state index in [0.29, 0.717) is 5.56 Å². The lowest BCUT2D eigenvalue weighted by atomic mass is 10.0. The van der Waals surface area contributed by atoms with Gasteiger partial charge in [-0.1, -0.05) is 12.1 Å². The van der Waals surface area contributed by atoms with Crippen molar-refractivity contribution in [3.05, 3.63) is 58.4 Å². The summed E-state index contributed by atoms with van der Waals surface area (Å²) in [7, 11) is 0. The van der Waals surface area contributed by atoms with Crippen LogP contribution in [0.1, 0.15) is 5.56 Å². The minimum absolute atomic E-state index is 0.148. The summed E-state index contributed by atoms with van der Waals surface area (Å²) in [5.74, 6) is 0. The van der Waals surface area contributed by atoms with Crippen LogP contribution in [0.3, 0.4) is 0 Å². The van der Waals surface area contributed by atoms with Crippen LogP contribution < -0.4 is 0 Å². The Bertz CT molecular complexity index is 524. The van der Waals surface area contributed by atoms with Crippen molar-refractivity contribution in [2.75, 3.05) is 0 Å². The van der Waals surface area contributed by atoms with Crippen molar-refractivity contribution in [3.8, 4) is 11.1 Å². The van der Waals surface area contributed by atoms with E-state index in [1.807, 2.05) is 18.2 Å². The Labute approximate surface area is 92.7 Å². The van der Waals surface area contributed by atoms with Gasteiger partial charge in [-0.2, -0.15) is 0 Å². The van der Waals surface area contributed by atoms with Gasteiger partial charge in [0.25, 0.3) is 5.69 Å². The van der Waals surface area contributed by atoms with Crippen LogP contribution in [0.25, 0.3) is 11.1 Å². The van der Waals surface area contributed by atoms with Crippen molar-refractivity contribution < 1.29 is 4.92 Å². The zero-order chi connectivity index (χ0) is 11.5. The highest BCUT2D eigenvalue weighted by atomic mass is 16.6. The molecule has 0 bridgehead atoms. The molecule has 0 aliphatic heterocycles. The lowest BCUT2D eigenvalue weighted by Gasteiger charge is -2.02. The maximum Gasteiger partial charge on any atom is 0.272 e. The molecule has 16 heavy (non-hydrogen) atoms. The van der Waals surface area contributed by atoms with Gasteiger partial charge in [0.2, 0.25) is 0 Å². The summed E-state index contributed by atoms with van der Waals surface area (Å²) < 4.78 is 0. The molecule has 0 spiro atoms. The molecular weight excluding hydrogens is 204 g/mol. The predicted octanol–water partition coefficient (Wildman–Crippen LogP) is 2.97. The SMILES string of the molecule is Cc1ccc(-c2ccncc2)cc1[N+](=O)[O-]. The molecule has 0 atom stereocenters. The van der Waals surface area contributed by atoms with Crippen molar-refractivity contribution in [3.63, 3.8) is 0 Å². The Kier molecular flexibility index (Phi) is 2.64. The first-order valence-electron chi connectivity index (χ1n) is 4.84. The Morgan fingerprint density at radius 1 is 1.12 bits per heavy atom. The number of pyridine rings is 1. The van der Waals surface area contributed by atoms with E-state index >= 15 is 0 Å². The quantitative estimate of drug-likeness (QED) is 0.570. The molecule has 1 aromatic carbocycles. The molecule has 1 heterocycles. The zero-order valence-electron chi connectivity index (χ0n) is 8.75. The topological polar surface area (TPSA) is 56.0 Å². The third-order valence-electron chi connectivity index (χ3n) is 2.42. The smallest absolute Gasteiger partial charge is 0.265 e. The van der Waals surface area contributed by atoms with E-state index < -0.39 is 0 Å². The fraction of sp³-hybridized carbons (Fsp3) is 0.0833. The van der Waals surface area contributed by atoms with Crippen LogP contribution >= 0.6 is 0 Å². The number of aromatic nitrogens is 1. The van der Waals surface area contributed by atoms with Crippen LogP contribution in [-0.2, 0) is 0 Å². The number of nitro benzene ring substituents is 1. The third-order valence-corrected chi connectivity index (χ3v) is 2.42. The van der Waals surface area contributed by atoms with Crippen LogP contribution in [0.5, 0.6) is 0 Å². The average Bonchev–Trinajstić information content (AvgIpc) is 2.30. The molecule has 2 rings (SSSR count). The number of benzene rings is 1. The van der Waals surface area contributed by atoms with Crippen molar-refractivity contribution in [1.82, 2.24) is 4.98 Å². The maximum absolute atomic E-state index is 10.8. The van der Waals surface area contributed by atoms with Crippen LogP contribution in [-0.4, -0.2) is 9.91 Å². The highest BCUT2D eigenvalue weighted by molar-refractivity contribution is 5.66. The van der Waals surface area contributed by atoms with E-state index in [0.717, 1.165) is 11.1 Å². The van der Waals surface area contributed by atoms with E-state index in [1.165, 1.54) is 0 Å². The minimum Gasteiger partial charge on any atom is -0.265 e. The van der Waals surface area contributed by atoms with Crippen molar-refractivity contribution in [1.29, 1.82) is 0 Å². The summed E-state index contributed by atoms with van der Waals surface area (Å²) in [6.07, 6.45) is 3.34. The molecule has 0 saturated carbocycles. The first-order chi connectivity index (χ1) is 7.68. The normalized spacial score (nSPS) is 10.1. The molecule has 0 amide bonds. The molecule has 0 unspecified atom stereocenters. The molecule has 0 aliphatic carbocycles. The fourth-order valence-corrected chi connectivity index (χ4v) is 1.53. The van der Waals surface area contributed by atoms with Gasteiger partial charge in [-0.15, -0.1) is 0 Å². The average molecular weight is 214 g/mol. The number of hydrogen-bond donors (Lipinski definition) is 0. The molecule has 0 N–H and O–H groups in total. The van der Waals surface area contributed by atoms with Gasteiger partial charge >= 0.3 is 0 Å². The second kappa shape index (κ2) is 4.10. The second-order valence-electron chi connectivity index (χ2n) is 3.49. The molecule has 80 valence electrons. The second-order valence-corrected chi connectivity index (χ2v) is 3.49. The van der Waals surface area contributed by atoms with Gasteiger partial charge in [0.1, 0.15) is 0 Å². The molecule has 0 radical (unpaired) electrons. The molecule has 4 nitrogen and oxygen atoms in total. The van der Waals surface area contributed by atoms with E-state index in [-0.39, 0.29) is 10.6 Å². The largest absolute Gasteiger partial charge is 0.272 e. The Hall–Kier alpha value is -2.23. The molecular formula is C12H10N2O2. The van der Waals surface area contributed by atoms with E-state index in [2.05, 4.69) is 4.98 Å². The number of aryl methyl sites for hydroxylation is 1. The van der Waals surface area contributed by atoms with E-state index in [4.69, 9.17) is 0 Å². The fourth-order valence-electron chi connectivity index (χ4n) is 1.53. The maximum atomic E-state index is 10.8. The molecule has 4 heteroatoms. The minimum atomic E-state index is -0.361. The molecule has 0 aliphatic rings. The summed E-state index contributed by atoms with van der Waals surface area (Å²) in [6, 6.07) is 8.87. The summed E-state index contributed by atoms with van der Waals surface area (Å²) >= 11 is 0. The highest BCUT2D eigenvalue weighted by Crippen LogP contribution is 2.26. The summed E-state index contributed by atoms with van der Waals surface area (Å²) in [5.41, 5.74) is 2.58. The number of nitrogens with zero attached hydrogens (tertiary/aromatic N) is 2. The molecule has 2 aromatic rings. The van der Waals surface area contributed by atoms with Crippen LogP contribution in [0.4, 0.5) is 5.69 Å². The molecule has 1 aromatic heterocycles. The Morgan fingerprint density at radius 2 is 1.81 bits per heavy atom. The number of nitro groups is 1. The van der Waals surface area contributed by atoms with Crippen LogP contribution in [0, 0.1) is 17.0 Å². The van der Waals surface area contributed by atoms with Gasteiger partial charge in [0.15, 0.2) is 0 Å². The van der Waals surface area contributed by atoms with E-state index in [1.54, 1.807) is 31.5 Å². The number of rotatable bonds is 2. The van der Waals surface area contributed by atoms with Gasteiger partial charge in [0, 0.05) is 24.0 Å². The lowest BCUT2D eigenvalue weighted by Crippen LogP contribution is -1.92. The highest BCUT2D eigenvalue weighted by Gasteiger charge is 2.11. The van der Waals surface area contributed by atoms with Gasteiger partial charge < -0.3 is 0 Å². The predicted molar refractivity (Wildman–Crippen MR) is 61.1 cm³/mol. The molecule has 0 saturated heterocycles. The third kappa shape index (κ3) is 1.91. The summed E-state index contributed by atoms with van der Waals surface area (Å²) in [4.78, 5) is 14.3. The number of hydrogen-bond acceptors (Lipinski definition) is 3. The monoisotopic (exact) mass is 214 g/mol. The van der Waals surface area contributed by atoms with Crippen LogP contribution in [0.15, 0.2) is 42.7 Å². The van der Waals surface area contributed by atoms with Crippen molar-refractivity contribution >= 4 is 5.69 Å².